The van der Waals surface area contributed by atoms with Crippen molar-refractivity contribution in [1.29, 1.82) is 0 Å². The smallest absolute Gasteiger partial charge is 0.0774 e. The van der Waals surface area contributed by atoms with Gasteiger partial charge in [0.15, 0.2) is 0 Å². The number of rotatable bonds is 4. The Labute approximate surface area is 296 Å². The van der Waals surface area contributed by atoms with Gasteiger partial charge >= 0.3 is 0 Å². The van der Waals surface area contributed by atoms with E-state index in [1.165, 1.54) is 17.3 Å². The molecule has 0 aliphatic rings. The second kappa shape index (κ2) is 13.6. The molecule has 233 valence electrons. The third-order valence-corrected chi connectivity index (χ3v) is 8.17. The number of hydrogen-bond acceptors (Lipinski definition) is 3. The summed E-state index contributed by atoms with van der Waals surface area (Å²) in [5, 5.41) is 3.24. The maximum Gasteiger partial charge on any atom is 0.0774 e. The first-order valence-corrected chi connectivity index (χ1v) is 15.3. The Morgan fingerprint density at radius 3 is 2.25 bits per heavy atom. The summed E-state index contributed by atoms with van der Waals surface area (Å²) >= 11 is 0. The van der Waals surface area contributed by atoms with E-state index in [1.807, 2.05) is 54.6 Å². The first-order chi connectivity index (χ1) is 24.4. The number of aromatic nitrogens is 3. The fourth-order valence-electron chi connectivity index (χ4n) is 5.87. The molecule has 3 heterocycles. The van der Waals surface area contributed by atoms with Crippen LogP contribution in [0, 0.1) is 19.2 Å². The van der Waals surface area contributed by atoms with Crippen LogP contribution in [0.2, 0.25) is 0 Å². The summed E-state index contributed by atoms with van der Waals surface area (Å²) in [4.78, 5) is 9.14. The van der Waals surface area contributed by atoms with Gasteiger partial charge in [-0.1, -0.05) is 108 Å². The van der Waals surface area contributed by atoms with E-state index in [-0.39, 0.29) is 25.7 Å². The topological polar surface area (TPSA) is 43.9 Å². The zero-order valence-electron chi connectivity index (χ0n) is 28.6. The molecule has 5 heteroatoms. The third-order valence-electron chi connectivity index (χ3n) is 8.17. The number of fused-ring (bicyclic) bond motifs is 4. The minimum absolute atomic E-state index is 0. The number of aryl methyl sites for hydroxylation is 1. The van der Waals surface area contributed by atoms with E-state index in [2.05, 4.69) is 101 Å². The molecule has 0 aliphatic carbocycles. The Hall–Kier alpha value is -5.61. The summed E-state index contributed by atoms with van der Waals surface area (Å²) < 4.78 is 29.9. The van der Waals surface area contributed by atoms with Gasteiger partial charge in [0.1, 0.15) is 0 Å². The Morgan fingerprint density at radius 2 is 1.46 bits per heavy atom. The van der Waals surface area contributed by atoms with Crippen molar-refractivity contribution < 1.29 is 28.6 Å². The van der Waals surface area contributed by atoms with Crippen molar-refractivity contribution in [2.75, 3.05) is 0 Å². The second-order valence-electron chi connectivity index (χ2n) is 11.1. The van der Waals surface area contributed by atoms with Gasteiger partial charge in [-0.05, 0) is 64.3 Å². The van der Waals surface area contributed by atoms with Crippen LogP contribution in [0.3, 0.4) is 0 Å². The SMILES string of the molecule is [2H]C([2H])([2H])c1ccc(-c2[c-]cccc2)nc1.[Ir].[c-]1oc2c(ccc3ccccc32)c1-c1nc2ccccc2n1-c1ccc(-c2ccccc2)cc1. The van der Waals surface area contributed by atoms with Crippen molar-refractivity contribution in [2.45, 2.75) is 6.85 Å². The molecule has 48 heavy (non-hydrogen) atoms. The predicted octanol–water partition coefficient (Wildman–Crippen LogP) is 10.9. The maximum absolute atomic E-state index is 7.23. The molecule has 4 nitrogen and oxygen atoms in total. The largest absolute Gasteiger partial charge is 0.557 e. The molecule has 9 rings (SSSR count). The van der Waals surface area contributed by atoms with Crippen LogP contribution >= 0.6 is 0 Å². The van der Waals surface area contributed by atoms with E-state index < -0.39 is 6.85 Å². The van der Waals surface area contributed by atoms with E-state index in [4.69, 9.17) is 13.5 Å². The Balaban J connectivity index is 0.000000202. The molecule has 0 amide bonds. The van der Waals surface area contributed by atoms with Gasteiger partial charge in [0, 0.05) is 47.9 Å². The van der Waals surface area contributed by atoms with Gasteiger partial charge in [0.2, 0.25) is 0 Å². The summed E-state index contributed by atoms with van der Waals surface area (Å²) in [6.45, 7) is -2.09. The van der Waals surface area contributed by atoms with Crippen molar-refractivity contribution in [3.63, 3.8) is 0 Å². The van der Waals surface area contributed by atoms with E-state index in [0.717, 1.165) is 61.1 Å². The zero-order chi connectivity index (χ0) is 34.1. The first-order valence-electron chi connectivity index (χ1n) is 16.8. The molecular weight excluding hydrogens is 767 g/mol. The maximum atomic E-state index is 7.23. The summed E-state index contributed by atoms with van der Waals surface area (Å²) in [5.41, 5.74) is 8.97. The van der Waals surface area contributed by atoms with Gasteiger partial charge in [-0.25, -0.2) is 0 Å². The van der Waals surface area contributed by atoms with Gasteiger partial charge in [0.05, 0.1) is 16.9 Å². The fraction of sp³-hybridized carbons (Fsp3) is 0.0233. The van der Waals surface area contributed by atoms with Crippen molar-refractivity contribution in [3.8, 4) is 39.5 Å². The van der Waals surface area contributed by atoms with Crippen LogP contribution in [0.4, 0.5) is 0 Å². The standard InChI is InChI=1S/C31H19N2O.C12H10N.Ir/c1-2-8-21(9-3-1)22-14-17-24(18-15-22)33-29-13-7-6-12-28(29)32-31(33)27-20-34-30-25-11-5-4-10-23(25)16-19-26(27)30;1-10-7-8-12(13-9-10)11-5-3-2-4-6-11;/h1-19H;2-5,7-9H,1H3;/q2*-1;/i;1D3;. The van der Waals surface area contributed by atoms with Gasteiger partial charge in [0.25, 0.3) is 0 Å². The van der Waals surface area contributed by atoms with Crippen LogP contribution in [0.15, 0.2) is 162 Å². The van der Waals surface area contributed by atoms with E-state index in [1.54, 1.807) is 18.2 Å². The van der Waals surface area contributed by atoms with E-state index in [0.29, 0.717) is 0 Å². The number of nitrogens with zero attached hydrogens (tertiary/aromatic N) is 3. The van der Waals surface area contributed by atoms with Crippen molar-refractivity contribution >= 4 is 32.8 Å². The number of imidazole rings is 1. The second-order valence-corrected chi connectivity index (χ2v) is 11.1. The van der Waals surface area contributed by atoms with Crippen LogP contribution in [-0.4, -0.2) is 14.5 Å². The van der Waals surface area contributed by atoms with Gasteiger partial charge < -0.3 is 14.0 Å². The Bertz CT molecular complexity index is 2560. The van der Waals surface area contributed by atoms with Crippen LogP contribution in [0.25, 0.3) is 72.2 Å². The van der Waals surface area contributed by atoms with Crippen molar-refractivity contribution in [1.82, 2.24) is 14.5 Å². The van der Waals surface area contributed by atoms with Crippen molar-refractivity contribution in [2.24, 2.45) is 0 Å². The molecule has 0 atom stereocenters. The Morgan fingerprint density at radius 1 is 0.688 bits per heavy atom. The van der Waals surface area contributed by atoms with Crippen LogP contribution in [0.5, 0.6) is 0 Å². The van der Waals surface area contributed by atoms with Crippen molar-refractivity contribution in [3.05, 3.63) is 176 Å². The minimum atomic E-state index is -2.09. The quantitative estimate of drug-likeness (QED) is 0.167. The molecule has 0 saturated heterocycles. The molecule has 0 unspecified atom stereocenters. The molecule has 0 fully saturated rings. The molecule has 0 spiro atoms. The normalized spacial score (nSPS) is 12.0. The van der Waals surface area contributed by atoms with E-state index in [9.17, 15) is 0 Å². The molecule has 9 aromatic rings. The van der Waals surface area contributed by atoms with Crippen LogP contribution in [0.1, 0.15) is 9.68 Å². The van der Waals surface area contributed by atoms with Gasteiger partial charge in [-0.3, -0.25) is 4.98 Å². The summed E-state index contributed by atoms with van der Waals surface area (Å²) in [6, 6.07) is 53.5. The molecule has 1 radical (unpaired) electrons. The molecule has 0 aliphatic heterocycles. The Kier molecular flexibility index (Phi) is 7.81. The monoisotopic (exact) mass is 799 g/mol. The molecule has 0 N–H and O–H groups in total. The third kappa shape index (κ3) is 5.98. The fourth-order valence-corrected chi connectivity index (χ4v) is 5.87. The summed E-state index contributed by atoms with van der Waals surface area (Å²) in [6.07, 6.45) is 4.56. The van der Waals surface area contributed by atoms with Crippen LogP contribution < -0.4 is 0 Å². The van der Waals surface area contributed by atoms with E-state index >= 15 is 0 Å². The van der Waals surface area contributed by atoms with Gasteiger partial charge in [-0.15, -0.1) is 42.0 Å². The zero-order valence-corrected chi connectivity index (χ0v) is 28.0. The summed E-state index contributed by atoms with van der Waals surface area (Å²) in [5.74, 6) is 0.822. The first kappa shape index (κ1) is 27.5. The number of benzene rings is 6. The predicted molar refractivity (Wildman–Crippen MR) is 191 cm³/mol. The average Bonchev–Trinajstić information content (AvgIpc) is 3.78. The summed E-state index contributed by atoms with van der Waals surface area (Å²) in [7, 11) is 0. The van der Waals surface area contributed by atoms with Gasteiger partial charge in [-0.2, -0.15) is 0 Å². The molecular formula is C43H29IrN3O-2. The van der Waals surface area contributed by atoms with Crippen LogP contribution in [-0.2, 0) is 20.1 Å². The number of hydrogen-bond donors (Lipinski definition) is 0. The minimum Gasteiger partial charge on any atom is -0.557 e. The molecule has 6 aromatic carbocycles. The molecule has 3 aromatic heterocycles. The number of para-hydroxylation sites is 2. The number of pyridine rings is 1. The molecule has 0 bridgehead atoms. The number of furan rings is 1. The average molecular weight is 799 g/mol. The molecule has 0 saturated carbocycles.